The second-order valence-corrected chi connectivity index (χ2v) is 6.72. The number of nitrogens with zero attached hydrogens (tertiary/aromatic N) is 9. The van der Waals surface area contributed by atoms with Gasteiger partial charge in [0.15, 0.2) is 5.65 Å². The molecule has 0 amide bonds. The van der Waals surface area contributed by atoms with Crippen molar-refractivity contribution in [3.63, 3.8) is 0 Å². The molecule has 0 saturated carbocycles. The summed E-state index contributed by atoms with van der Waals surface area (Å²) in [6.45, 7) is 0.451. The summed E-state index contributed by atoms with van der Waals surface area (Å²) in [5.74, 6) is 1.81. The van der Waals surface area contributed by atoms with Gasteiger partial charge in [-0.05, 0) is 18.2 Å². The maximum Gasteiger partial charge on any atom is 0.228 e. The zero-order valence-corrected chi connectivity index (χ0v) is 16.8. The molecule has 0 aliphatic carbocycles. The van der Waals surface area contributed by atoms with E-state index in [4.69, 9.17) is 4.74 Å². The minimum Gasteiger partial charge on any atom is -0.481 e. The fourth-order valence-corrected chi connectivity index (χ4v) is 3.19. The summed E-state index contributed by atoms with van der Waals surface area (Å²) in [5.41, 5.74) is 3.76. The number of rotatable bonds is 6. The van der Waals surface area contributed by atoms with Crippen molar-refractivity contribution in [3.05, 3.63) is 60.7 Å². The Hall–Kier alpha value is -4.41. The zero-order valence-electron chi connectivity index (χ0n) is 16.8. The molecule has 5 rings (SSSR count). The van der Waals surface area contributed by atoms with Crippen molar-refractivity contribution < 1.29 is 4.74 Å². The van der Waals surface area contributed by atoms with Crippen molar-refractivity contribution >= 4 is 22.9 Å². The van der Waals surface area contributed by atoms with Gasteiger partial charge in [-0.25, -0.2) is 24.6 Å². The summed E-state index contributed by atoms with van der Waals surface area (Å²) in [5, 5.41) is 15.8. The minimum absolute atomic E-state index is 0.451. The fourth-order valence-electron chi connectivity index (χ4n) is 3.19. The minimum atomic E-state index is 0.451. The van der Waals surface area contributed by atoms with Crippen LogP contribution in [-0.2, 0) is 13.6 Å². The third kappa shape index (κ3) is 3.64. The maximum absolute atomic E-state index is 5.32. The molecule has 0 aliphatic rings. The van der Waals surface area contributed by atoms with Gasteiger partial charge in [0.1, 0.15) is 11.3 Å². The summed E-state index contributed by atoms with van der Waals surface area (Å²) < 4.78 is 8.74. The molecule has 0 spiro atoms. The summed E-state index contributed by atoms with van der Waals surface area (Å²) >= 11 is 0. The molecule has 0 bridgehead atoms. The number of methoxy groups -OCH3 is 1. The number of hydrogen-bond donors (Lipinski definition) is 1. The second-order valence-electron chi connectivity index (χ2n) is 6.72. The van der Waals surface area contributed by atoms with Crippen LogP contribution in [0.5, 0.6) is 5.88 Å². The van der Waals surface area contributed by atoms with E-state index in [0.717, 1.165) is 22.6 Å². The fraction of sp³-hybridized carbons (Fsp3) is 0.150. The van der Waals surface area contributed by atoms with Crippen LogP contribution in [0.25, 0.3) is 22.4 Å². The van der Waals surface area contributed by atoms with E-state index in [1.165, 1.54) is 0 Å². The Bertz CT molecular complexity index is 1360. The molecule has 0 saturated heterocycles. The highest BCUT2D eigenvalue weighted by Gasteiger charge is 2.12. The van der Waals surface area contributed by atoms with Crippen LogP contribution in [0.2, 0.25) is 0 Å². The molecule has 1 N–H and O–H groups in total. The molecule has 0 radical (unpaired) electrons. The monoisotopic (exact) mass is 414 g/mol. The number of ether oxygens (including phenoxy) is 1. The Kier molecular flexibility index (Phi) is 4.67. The molecule has 0 unspecified atom stereocenters. The third-order valence-electron chi connectivity index (χ3n) is 4.73. The average Bonchev–Trinajstić information content (AvgIpc) is 3.40. The molecule has 0 fully saturated rings. The van der Waals surface area contributed by atoms with Gasteiger partial charge in [-0.15, -0.1) is 5.10 Å². The van der Waals surface area contributed by atoms with Gasteiger partial charge in [-0.3, -0.25) is 4.68 Å². The van der Waals surface area contributed by atoms with E-state index < -0.39 is 0 Å². The molecule has 5 heterocycles. The van der Waals surface area contributed by atoms with E-state index >= 15 is 0 Å². The average molecular weight is 414 g/mol. The third-order valence-corrected chi connectivity index (χ3v) is 4.73. The maximum atomic E-state index is 5.32. The Morgan fingerprint density at radius 3 is 2.84 bits per heavy atom. The standard InChI is InChI=1S/C20H18N10O/c1-29-17(6-9-24-29)26-20-22-8-5-15(25-20)14-10-16-18(23-11-14)30(28-27-16)12-13-4-3-7-21-19(13)31-2/h3-11H,12H2,1-2H3,(H,22,25,26). The lowest BCUT2D eigenvalue weighted by atomic mass is 10.2. The van der Waals surface area contributed by atoms with Crippen molar-refractivity contribution in [2.24, 2.45) is 7.05 Å². The van der Waals surface area contributed by atoms with E-state index in [1.807, 2.05) is 37.4 Å². The van der Waals surface area contributed by atoms with Crippen molar-refractivity contribution in [1.82, 2.24) is 44.7 Å². The number of anilines is 2. The molecule has 154 valence electrons. The van der Waals surface area contributed by atoms with Crippen LogP contribution in [0.15, 0.2) is 55.1 Å². The first-order valence-corrected chi connectivity index (χ1v) is 9.47. The number of aromatic nitrogens is 9. The quantitative estimate of drug-likeness (QED) is 0.445. The first-order valence-electron chi connectivity index (χ1n) is 9.47. The lowest BCUT2D eigenvalue weighted by Gasteiger charge is -2.07. The van der Waals surface area contributed by atoms with Crippen LogP contribution in [0.4, 0.5) is 11.8 Å². The number of aryl methyl sites for hydroxylation is 1. The highest BCUT2D eigenvalue weighted by molar-refractivity contribution is 5.76. The van der Waals surface area contributed by atoms with Gasteiger partial charge >= 0.3 is 0 Å². The first-order chi connectivity index (χ1) is 15.2. The molecule has 0 aromatic carbocycles. The van der Waals surface area contributed by atoms with Crippen molar-refractivity contribution in [2.45, 2.75) is 6.54 Å². The predicted molar refractivity (Wildman–Crippen MR) is 113 cm³/mol. The van der Waals surface area contributed by atoms with Crippen molar-refractivity contribution in [3.8, 4) is 17.1 Å². The first kappa shape index (κ1) is 18.6. The normalized spacial score (nSPS) is 11.0. The summed E-state index contributed by atoms with van der Waals surface area (Å²) in [6.07, 6.45) is 6.83. The molecule has 11 nitrogen and oxygen atoms in total. The summed E-state index contributed by atoms with van der Waals surface area (Å²) in [6, 6.07) is 9.37. The van der Waals surface area contributed by atoms with E-state index in [-0.39, 0.29) is 0 Å². The molecule has 0 atom stereocenters. The van der Waals surface area contributed by atoms with Gasteiger partial charge in [0, 0.05) is 42.8 Å². The number of hydrogen-bond acceptors (Lipinski definition) is 9. The molecule has 5 aromatic rings. The number of pyridine rings is 2. The smallest absolute Gasteiger partial charge is 0.228 e. The van der Waals surface area contributed by atoms with Gasteiger partial charge in [-0.2, -0.15) is 5.10 Å². The van der Waals surface area contributed by atoms with E-state index in [9.17, 15) is 0 Å². The number of nitrogens with one attached hydrogen (secondary N) is 1. The SMILES string of the molecule is COc1ncccc1Cn1nnc2cc(-c3ccnc(Nc4ccnn4C)n3)cnc21. The van der Waals surface area contributed by atoms with Crippen LogP contribution in [0, 0.1) is 0 Å². The van der Waals surface area contributed by atoms with E-state index in [2.05, 4.69) is 40.7 Å². The van der Waals surface area contributed by atoms with E-state index in [0.29, 0.717) is 29.5 Å². The lowest BCUT2D eigenvalue weighted by Crippen LogP contribution is -2.05. The Morgan fingerprint density at radius 2 is 2.00 bits per heavy atom. The molecular weight excluding hydrogens is 396 g/mol. The van der Waals surface area contributed by atoms with Crippen molar-refractivity contribution in [2.75, 3.05) is 12.4 Å². The van der Waals surface area contributed by atoms with Gasteiger partial charge in [-0.1, -0.05) is 11.3 Å². The topological polar surface area (TPSA) is 121 Å². The van der Waals surface area contributed by atoms with Gasteiger partial charge in [0.25, 0.3) is 0 Å². The second kappa shape index (κ2) is 7.78. The largest absolute Gasteiger partial charge is 0.481 e. The van der Waals surface area contributed by atoms with Crippen LogP contribution in [0.3, 0.4) is 0 Å². The van der Waals surface area contributed by atoms with E-state index in [1.54, 1.807) is 41.3 Å². The Labute approximate surface area is 176 Å². The molecule has 11 heteroatoms. The summed E-state index contributed by atoms with van der Waals surface area (Å²) in [4.78, 5) is 17.6. The molecule has 31 heavy (non-hydrogen) atoms. The highest BCUT2D eigenvalue weighted by Crippen LogP contribution is 2.22. The van der Waals surface area contributed by atoms with Gasteiger partial charge in [0.2, 0.25) is 11.8 Å². The highest BCUT2D eigenvalue weighted by atomic mass is 16.5. The molecular formula is C20H18N10O. The van der Waals surface area contributed by atoms with Crippen LogP contribution in [-0.4, -0.2) is 51.8 Å². The molecule has 0 aliphatic heterocycles. The Balaban J connectivity index is 1.43. The van der Waals surface area contributed by atoms with Crippen LogP contribution in [0.1, 0.15) is 5.56 Å². The molecule has 5 aromatic heterocycles. The Morgan fingerprint density at radius 1 is 1.06 bits per heavy atom. The van der Waals surface area contributed by atoms with Crippen LogP contribution < -0.4 is 10.1 Å². The van der Waals surface area contributed by atoms with Gasteiger partial charge < -0.3 is 10.1 Å². The lowest BCUT2D eigenvalue weighted by molar-refractivity contribution is 0.390. The zero-order chi connectivity index (χ0) is 21.2. The number of fused-ring (bicyclic) bond motifs is 1. The van der Waals surface area contributed by atoms with Gasteiger partial charge in [0.05, 0.1) is 25.5 Å². The summed E-state index contributed by atoms with van der Waals surface area (Å²) in [7, 11) is 3.43. The van der Waals surface area contributed by atoms with Crippen molar-refractivity contribution in [1.29, 1.82) is 0 Å². The van der Waals surface area contributed by atoms with Crippen LogP contribution >= 0.6 is 0 Å². The predicted octanol–water partition coefficient (Wildman–Crippen LogP) is 2.21.